The van der Waals surface area contributed by atoms with E-state index in [0.29, 0.717) is 22.0 Å². The summed E-state index contributed by atoms with van der Waals surface area (Å²) in [5.41, 5.74) is 6.98. The molecule has 0 atom stereocenters. The van der Waals surface area contributed by atoms with Crippen LogP contribution >= 0.6 is 11.6 Å². The Morgan fingerprint density at radius 3 is 2.65 bits per heavy atom. The standard InChI is InChI=1S/C11H9ClN4O/c12-9-2-1-8(3-10(9)13)16-11(17)7-4-14-6-15-5-7/h1-6H,13H2,(H,16,17). The van der Waals surface area contributed by atoms with E-state index in [9.17, 15) is 4.79 Å². The Bertz CT molecular complexity index is 544. The minimum atomic E-state index is -0.299. The molecule has 0 aliphatic heterocycles. The highest BCUT2D eigenvalue weighted by Gasteiger charge is 2.07. The summed E-state index contributed by atoms with van der Waals surface area (Å²) in [5, 5.41) is 3.12. The molecule has 0 saturated heterocycles. The molecule has 17 heavy (non-hydrogen) atoms. The maximum Gasteiger partial charge on any atom is 0.258 e. The van der Waals surface area contributed by atoms with Gasteiger partial charge in [-0.05, 0) is 18.2 Å². The molecule has 1 amide bonds. The van der Waals surface area contributed by atoms with E-state index in [1.165, 1.54) is 18.7 Å². The van der Waals surface area contributed by atoms with Gasteiger partial charge in [0.05, 0.1) is 16.3 Å². The third-order valence-electron chi connectivity index (χ3n) is 2.08. The van der Waals surface area contributed by atoms with Gasteiger partial charge in [0.1, 0.15) is 6.33 Å². The first-order valence-corrected chi connectivity index (χ1v) is 5.16. The second kappa shape index (κ2) is 4.80. The molecule has 1 aromatic carbocycles. The number of aromatic nitrogens is 2. The van der Waals surface area contributed by atoms with Crippen LogP contribution in [-0.2, 0) is 0 Å². The largest absolute Gasteiger partial charge is 0.397 e. The minimum absolute atomic E-state index is 0.299. The summed E-state index contributed by atoms with van der Waals surface area (Å²) in [7, 11) is 0. The van der Waals surface area contributed by atoms with Crippen LogP contribution in [0.3, 0.4) is 0 Å². The molecule has 0 radical (unpaired) electrons. The molecule has 2 rings (SSSR count). The van der Waals surface area contributed by atoms with E-state index in [4.69, 9.17) is 17.3 Å². The van der Waals surface area contributed by atoms with E-state index in [1.54, 1.807) is 18.2 Å². The maximum atomic E-state index is 11.7. The number of benzene rings is 1. The van der Waals surface area contributed by atoms with Crippen molar-refractivity contribution < 1.29 is 4.79 Å². The number of nitrogens with one attached hydrogen (secondary N) is 1. The molecular weight excluding hydrogens is 240 g/mol. The van der Waals surface area contributed by atoms with Crippen LogP contribution in [0.25, 0.3) is 0 Å². The van der Waals surface area contributed by atoms with Gasteiger partial charge in [-0.2, -0.15) is 0 Å². The number of hydrogen-bond donors (Lipinski definition) is 2. The molecule has 6 heteroatoms. The van der Waals surface area contributed by atoms with Gasteiger partial charge in [-0.3, -0.25) is 4.79 Å². The van der Waals surface area contributed by atoms with Crippen molar-refractivity contribution in [2.45, 2.75) is 0 Å². The quantitative estimate of drug-likeness (QED) is 0.796. The van der Waals surface area contributed by atoms with Crippen molar-refractivity contribution in [3.63, 3.8) is 0 Å². The molecular formula is C11H9ClN4O. The topological polar surface area (TPSA) is 80.9 Å². The fraction of sp³-hybridized carbons (Fsp3) is 0. The second-order valence-corrected chi connectivity index (χ2v) is 3.72. The zero-order valence-electron chi connectivity index (χ0n) is 8.72. The number of anilines is 2. The van der Waals surface area contributed by atoms with Crippen molar-refractivity contribution in [2.24, 2.45) is 0 Å². The van der Waals surface area contributed by atoms with Gasteiger partial charge in [0.25, 0.3) is 5.91 Å². The summed E-state index contributed by atoms with van der Waals surface area (Å²) in [4.78, 5) is 19.3. The Morgan fingerprint density at radius 2 is 2.00 bits per heavy atom. The van der Waals surface area contributed by atoms with Crippen LogP contribution < -0.4 is 11.1 Å². The van der Waals surface area contributed by atoms with Gasteiger partial charge in [-0.25, -0.2) is 9.97 Å². The zero-order chi connectivity index (χ0) is 12.3. The van der Waals surface area contributed by atoms with Gasteiger partial charge >= 0.3 is 0 Å². The highest BCUT2D eigenvalue weighted by Crippen LogP contribution is 2.22. The SMILES string of the molecule is Nc1cc(NC(=O)c2cncnc2)ccc1Cl. The van der Waals surface area contributed by atoms with Crippen molar-refractivity contribution >= 4 is 28.9 Å². The Morgan fingerprint density at radius 1 is 1.29 bits per heavy atom. The van der Waals surface area contributed by atoms with E-state index >= 15 is 0 Å². The van der Waals surface area contributed by atoms with Crippen molar-refractivity contribution in [2.75, 3.05) is 11.1 Å². The third kappa shape index (κ3) is 2.70. The van der Waals surface area contributed by atoms with Crippen LogP contribution in [0.1, 0.15) is 10.4 Å². The first kappa shape index (κ1) is 11.3. The first-order chi connectivity index (χ1) is 8.16. The Hall–Kier alpha value is -2.14. The lowest BCUT2D eigenvalue weighted by molar-refractivity contribution is 0.102. The molecule has 0 bridgehead atoms. The number of hydrogen-bond acceptors (Lipinski definition) is 4. The van der Waals surface area contributed by atoms with E-state index in [-0.39, 0.29) is 5.91 Å². The van der Waals surface area contributed by atoms with Gasteiger partial charge in [-0.1, -0.05) is 11.6 Å². The molecule has 5 nitrogen and oxygen atoms in total. The lowest BCUT2D eigenvalue weighted by Gasteiger charge is -2.06. The highest BCUT2D eigenvalue weighted by atomic mass is 35.5. The van der Waals surface area contributed by atoms with Crippen LogP contribution in [0.4, 0.5) is 11.4 Å². The van der Waals surface area contributed by atoms with Crippen molar-refractivity contribution in [1.29, 1.82) is 0 Å². The molecule has 2 aromatic rings. The number of nitrogens with two attached hydrogens (primary N) is 1. The smallest absolute Gasteiger partial charge is 0.258 e. The summed E-state index contributed by atoms with van der Waals surface area (Å²) in [6.45, 7) is 0. The van der Waals surface area contributed by atoms with Crippen molar-refractivity contribution in [3.8, 4) is 0 Å². The number of carbonyl (C=O) groups excluding carboxylic acids is 1. The molecule has 1 aromatic heterocycles. The van der Waals surface area contributed by atoms with Crippen LogP contribution in [0.15, 0.2) is 36.9 Å². The lowest BCUT2D eigenvalue weighted by atomic mass is 10.2. The van der Waals surface area contributed by atoms with Gasteiger partial charge < -0.3 is 11.1 Å². The number of halogens is 1. The highest BCUT2D eigenvalue weighted by molar-refractivity contribution is 6.33. The molecule has 0 aliphatic rings. The van der Waals surface area contributed by atoms with Gasteiger partial charge in [-0.15, -0.1) is 0 Å². The van der Waals surface area contributed by atoms with Gasteiger partial charge in [0.2, 0.25) is 0 Å². The maximum absolute atomic E-state index is 11.7. The number of nitrogen functional groups attached to an aromatic ring is 1. The van der Waals surface area contributed by atoms with E-state index in [2.05, 4.69) is 15.3 Å². The second-order valence-electron chi connectivity index (χ2n) is 3.32. The Kier molecular flexibility index (Phi) is 3.20. The summed E-state index contributed by atoms with van der Waals surface area (Å²) < 4.78 is 0. The van der Waals surface area contributed by atoms with E-state index < -0.39 is 0 Å². The zero-order valence-corrected chi connectivity index (χ0v) is 9.48. The molecule has 0 saturated carbocycles. The first-order valence-electron chi connectivity index (χ1n) is 4.78. The summed E-state index contributed by atoms with van der Waals surface area (Å²) >= 11 is 5.78. The Labute approximate surface area is 103 Å². The number of nitrogens with zero attached hydrogens (tertiary/aromatic N) is 2. The van der Waals surface area contributed by atoms with Crippen LogP contribution in [0.2, 0.25) is 5.02 Å². The fourth-order valence-electron chi connectivity index (χ4n) is 1.24. The number of carbonyl (C=O) groups is 1. The molecule has 86 valence electrons. The molecule has 0 fully saturated rings. The summed E-state index contributed by atoms with van der Waals surface area (Å²) in [5.74, 6) is -0.299. The van der Waals surface area contributed by atoms with E-state index in [0.717, 1.165) is 0 Å². The van der Waals surface area contributed by atoms with Gasteiger partial charge in [0, 0.05) is 18.1 Å². The van der Waals surface area contributed by atoms with Crippen LogP contribution in [-0.4, -0.2) is 15.9 Å². The minimum Gasteiger partial charge on any atom is -0.397 e. The van der Waals surface area contributed by atoms with Crippen molar-refractivity contribution in [3.05, 3.63) is 47.5 Å². The van der Waals surface area contributed by atoms with Crippen LogP contribution in [0, 0.1) is 0 Å². The van der Waals surface area contributed by atoms with Crippen LogP contribution in [0.5, 0.6) is 0 Å². The third-order valence-corrected chi connectivity index (χ3v) is 2.42. The normalized spacial score (nSPS) is 9.94. The predicted octanol–water partition coefficient (Wildman–Crippen LogP) is 1.96. The monoisotopic (exact) mass is 248 g/mol. The predicted molar refractivity (Wildman–Crippen MR) is 65.8 cm³/mol. The average Bonchev–Trinajstić information content (AvgIpc) is 2.35. The molecule has 0 aliphatic carbocycles. The molecule has 3 N–H and O–H groups in total. The van der Waals surface area contributed by atoms with E-state index in [1.807, 2.05) is 0 Å². The van der Waals surface area contributed by atoms with Gasteiger partial charge in [0.15, 0.2) is 0 Å². The number of amides is 1. The molecule has 1 heterocycles. The van der Waals surface area contributed by atoms with Crippen molar-refractivity contribution in [1.82, 2.24) is 9.97 Å². The molecule has 0 spiro atoms. The Balaban J connectivity index is 2.16. The molecule has 0 unspecified atom stereocenters. The fourth-order valence-corrected chi connectivity index (χ4v) is 1.36. The summed E-state index contributed by atoms with van der Waals surface area (Å²) in [6, 6.07) is 4.87. The average molecular weight is 249 g/mol. The number of rotatable bonds is 2. The lowest BCUT2D eigenvalue weighted by Crippen LogP contribution is -2.12. The summed E-state index contributed by atoms with van der Waals surface area (Å²) in [6.07, 6.45) is 4.22.